The van der Waals surface area contributed by atoms with Gasteiger partial charge in [-0.05, 0) is 33.4 Å². The van der Waals surface area contributed by atoms with Crippen molar-refractivity contribution in [2.45, 2.75) is 39.7 Å². The second-order valence-corrected chi connectivity index (χ2v) is 4.87. The van der Waals surface area contributed by atoms with Gasteiger partial charge in [0, 0.05) is 18.2 Å². The Morgan fingerprint density at radius 3 is 2.68 bits per heavy atom. The van der Waals surface area contributed by atoms with Crippen molar-refractivity contribution < 1.29 is 9.47 Å². The van der Waals surface area contributed by atoms with Crippen LogP contribution in [0.4, 0.5) is 0 Å². The van der Waals surface area contributed by atoms with Gasteiger partial charge < -0.3 is 14.8 Å². The number of hydrogen-bond donors (Lipinski definition) is 1. The van der Waals surface area contributed by atoms with Gasteiger partial charge >= 0.3 is 0 Å². The van der Waals surface area contributed by atoms with Gasteiger partial charge in [-0.2, -0.15) is 0 Å². The Morgan fingerprint density at radius 2 is 2.00 bits per heavy atom. The van der Waals surface area contributed by atoms with Gasteiger partial charge in [0.05, 0.1) is 6.61 Å². The molecule has 0 radical (unpaired) electrons. The van der Waals surface area contributed by atoms with E-state index in [9.17, 15) is 0 Å². The molecule has 0 spiro atoms. The lowest BCUT2D eigenvalue weighted by molar-refractivity contribution is 0.0975. The lowest BCUT2D eigenvalue weighted by Crippen LogP contribution is -2.15. The average Bonchev–Trinajstić information content (AvgIpc) is 2.43. The molecule has 0 aliphatic carbocycles. The van der Waals surface area contributed by atoms with E-state index in [1.54, 1.807) is 0 Å². The Labute approximate surface area is 117 Å². The van der Waals surface area contributed by atoms with Crippen molar-refractivity contribution in [1.82, 2.24) is 5.32 Å². The zero-order valence-electron chi connectivity index (χ0n) is 12.7. The van der Waals surface area contributed by atoms with Crippen LogP contribution in [0.3, 0.4) is 0 Å². The molecule has 108 valence electrons. The second-order valence-electron chi connectivity index (χ2n) is 4.87. The minimum atomic E-state index is 0.288. The van der Waals surface area contributed by atoms with E-state index in [1.165, 1.54) is 17.5 Å². The van der Waals surface area contributed by atoms with Crippen molar-refractivity contribution in [3.05, 3.63) is 29.3 Å². The first-order valence-electron chi connectivity index (χ1n) is 7.17. The van der Waals surface area contributed by atoms with E-state index in [0.717, 1.165) is 18.8 Å². The van der Waals surface area contributed by atoms with Crippen LogP contribution in [0.5, 0.6) is 5.75 Å². The van der Waals surface area contributed by atoms with Gasteiger partial charge in [-0.15, -0.1) is 0 Å². The van der Waals surface area contributed by atoms with Crippen molar-refractivity contribution in [2.24, 2.45) is 0 Å². The quantitative estimate of drug-likeness (QED) is 0.693. The third kappa shape index (κ3) is 5.62. The molecular formula is C16H27NO2. The van der Waals surface area contributed by atoms with Crippen LogP contribution in [0.2, 0.25) is 0 Å². The van der Waals surface area contributed by atoms with E-state index in [-0.39, 0.29) is 6.04 Å². The molecule has 0 fully saturated rings. The third-order valence-corrected chi connectivity index (χ3v) is 3.19. The van der Waals surface area contributed by atoms with E-state index in [4.69, 9.17) is 9.47 Å². The van der Waals surface area contributed by atoms with Gasteiger partial charge in [0.2, 0.25) is 0 Å². The Balaban J connectivity index is 2.48. The highest BCUT2D eigenvalue weighted by Crippen LogP contribution is 2.26. The van der Waals surface area contributed by atoms with Gasteiger partial charge in [0.25, 0.3) is 0 Å². The molecule has 1 aromatic rings. The highest BCUT2D eigenvalue weighted by atomic mass is 16.5. The van der Waals surface area contributed by atoms with Crippen LogP contribution in [-0.2, 0) is 4.74 Å². The normalized spacial score (nSPS) is 12.4. The molecule has 0 heterocycles. The first kappa shape index (κ1) is 16.0. The molecule has 1 rings (SSSR count). The van der Waals surface area contributed by atoms with Crippen LogP contribution in [-0.4, -0.2) is 26.9 Å². The van der Waals surface area contributed by atoms with Crippen LogP contribution in [0, 0.1) is 6.92 Å². The minimum Gasteiger partial charge on any atom is -0.491 e. The van der Waals surface area contributed by atoms with Crippen LogP contribution in [0.1, 0.15) is 43.9 Å². The first-order valence-corrected chi connectivity index (χ1v) is 7.17. The predicted octanol–water partition coefficient (Wildman–Crippen LogP) is 3.47. The lowest BCUT2D eigenvalue weighted by atomic mass is 10.0. The molecular weight excluding hydrogens is 238 g/mol. The number of rotatable bonds is 9. The molecule has 1 N–H and O–H groups in total. The van der Waals surface area contributed by atoms with Gasteiger partial charge in [0.15, 0.2) is 0 Å². The maximum Gasteiger partial charge on any atom is 0.124 e. The molecule has 1 atom stereocenters. The maximum atomic E-state index is 5.83. The molecule has 0 aliphatic heterocycles. The molecule has 3 nitrogen and oxygen atoms in total. The third-order valence-electron chi connectivity index (χ3n) is 3.19. The second kappa shape index (κ2) is 8.94. The van der Waals surface area contributed by atoms with Crippen LogP contribution in [0.25, 0.3) is 0 Å². The average molecular weight is 265 g/mol. The summed E-state index contributed by atoms with van der Waals surface area (Å²) in [6.45, 7) is 8.49. The monoisotopic (exact) mass is 265 g/mol. The fourth-order valence-electron chi connectivity index (χ4n) is 1.85. The van der Waals surface area contributed by atoms with Gasteiger partial charge in [-0.25, -0.2) is 0 Å². The van der Waals surface area contributed by atoms with Gasteiger partial charge in [-0.1, -0.05) is 31.0 Å². The topological polar surface area (TPSA) is 30.5 Å². The van der Waals surface area contributed by atoms with Crippen molar-refractivity contribution in [3.8, 4) is 5.75 Å². The molecule has 0 aliphatic rings. The van der Waals surface area contributed by atoms with E-state index in [2.05, 4.69) is 38.2 Å². The zero-order valence-corrected chi connectivity index (χ0v) is 12.7. The lowest BCUT2D eigenvalue weighted by Gasteiger charge is -2.17. The highest BCUT2D eigenvalue weighted by Gasteiger charge is 2.10. The van der Waals surface area contributed by atoms with Crippen LogP contribution in [0.15, 0.2) is 18.2 Å². The van der Waals surface area contributed by atoms with Gasteiger partial charge in [-0.3, -0.25) is 0 Å². The smallest absolute Gasteiger partial charge is 0.124 e. The molecule has 0 saturated heterocycles. The summed E-state index contributed by atoms with van der Waals surface area (Å²) in [6.07, 6.45) is 2.29. The van der Waals surface area contributed by atoms with Crippen molar-refractivity contribution in [2.75, 3.05) is 26.9 Å². The molecule has 19 heavy (non-hydrogen) atoms. The fraction of sp³-hybridized carbons (Fsp3) is 0.625. The van der Waals surface area contributed by atoms with E-state index in [0.29, 0.717) is 13.2 Å². The summed E-state index contributed by atoms with van der Waals surface area (Å²) in [5, 5.41) is 3.26. The Bertz CT molecular complexity index is 366. The zero-order chi connectivity index (χ0) is 14.1. The Kier molecular flexibility index (Phi) is 7.53. The summed E-state index contributed by atoms with van der Waals surface area (Å²) < 4.78 is 11.3. The van der Waals surface area contributed by atoms with E-state index in [1.807, 2.05) is 13.1 Å². The SMILES string of the molecule is CCCCOCCOc1ccc(C)cc1C(C)NC. The van der Waals surface area contributed by atoms with Crippen LogP contribution >= 0.6 is 0 Å². The number of ether oxygens (including phenoxy) is 2. The van der Waals surface area contributed by atoms with Gasteiger partial charge in [0.1, 0.15) is 12.4 Å². The van der Waals surface area contributed by atoms with Crippen LogP contribution < -0.4 is 10.1 Å². The Hall–Kier alpha value is -1.06. The van der Waals surface area contributed by atoms with Crippen molar-refractivity contribution in [1.29, 1.82) is 0 Å². The summed E-state index contributed by atoms with van der Waals surface area (Å²) in [4.78, 5) is 0. The minimum absolute atomic E-state index is 0.288. The largest absolute Gasteiger partial charge is 0.491 e. The summed E-state index contributed by atoms with van der Waals surface area (Å²) in [5.41, 5.74) is 2.46. The van der Waals surface area contributed by atoms with Crippen molar-refractivity contribution in [3.63, 3.8) is 0 Å². The molecule has 3 heteroatoms. The summed E-state index contributed by atoms with van der Waals surface area (Å²) in [6, 6.07) is 6.59. The highest BCUT2D eigenvalue weighted by molar-refractivity contribution is 5.38. The number of unbranched alkanes of at least 4 members (excludes halogenated alkanes) is 1. The molecule has 0 bridgehead atoms. The number of nitrogens with one attached hydrogen (secondary N) is 1. The summed E-state index contributed by atoms with van der Waals surface area (Å²) >= 11 is 0. The Morgan fingerprint density at radius 1 is 1.21 bits per heavy atom. The fourth-order valence-corrected chi connectivity index (χ4v) is 1.85. The summed E-state index contributed by atoms with van der Waals surface area (Å²) in [7, 11) is 1.96. The number of benzene rings is 1. The molecule has 0 amide bonds. The van der Waals surface area contributed by atoms with Crippen molar-refractivity contribution >= 4 is 0 Å². The first-order chi connectivity index (χ1) is 9.19. The standard InChI is InChI=1S/C16H27NO2/c1-5-6-9-18-10-11-19-16-8-7-13(2)12-15(16)14(3)17-4/h7-8,12,14,17H,5-6,9-11H2,1-4H3. The predicted molar refractivity (Wildman–Crippen MR) is 79.9 cm³/mol. The number of aryl methyl sites for hydroxylation is 1. The maximum absolute atomic E-state index is 5.83. The number of hydrogen-bond acceptors (Lipinski definition) is 3. The molecule has 0 aromatic heterocycles. The molecule has 0 saturated carbocycles. The van der Waals surface area contributed by atoms with E-state index >= 15 is 0 Å². The summed E-state index contributed by atoms with van der Waals surface area (Å²) in [5.74, 6) is 0.951. The molecule has 1 unspecified atom stereocenters. The molecule has 1 aromatic carbocycles. The van der Waals surface area contributed by atoms with E-state index < -0.39 is 0 Å².